The standard InChI is InChI=1S/C17H14F6O3/c1-25-13-4-3-9(7-14(13)26-2)15(24)10-5-11(16(18,19)20)8-12(6-10)17(21,22)23/h3-8,15,24H,1-2H3/t15-/m1/s1. The molecule has 2 aromatic carbocycles. The van der Waals surface area contributed by atoms with Gasteiger partial charge in [-0.3, -0.25) is 0 Å². The van der Waals surface area contributed by atoms with Gasteiger partial charge in [-0.05, 0) is 41.5 Å². The van der Waals surface area contributed by atoms with Gasteiger partial charge in [0.15, 0.2) is 11.5 Å². The van der Waals surface area contributed by atoms with E-state index >= 15 is 0 Å². The maximum atomic E-state index is 12.9. The highest BCUT2D eigenvalue weighted by molar-refractivity contribution is 5.46. The number of aliphatic hydroxyl groups is 1. The summed E-state index contributed by atoms with van der Waals surface area (Å²) in [5.41, 5.74) is -3.49. The number of hydrogen-bond acceptors (Lipinski definition) is 3. The lowest BCUT2D eigenvalue weighted by atomic mass is 9.96. The Morgan fingerprint density at radius 1 is 0.731 bits per heavy atom. The van der Waals surface area contributed by atoms with E-state index in [-0.39, 0.29) is 17.4 Å². The number of rotatable bonds is 4. The second-order valence-electron chi connectivity index (χ2n) is 5.36. The topological polar surface area (TPSA) is 38.7 Å². The van der Waals surface area contributed by atoms with Gasteiger partial charge >= 0.3 is 12.4 Å². The molecule has 0 radical (unpaired) electrons. The zero-order valence-electron chi connectivity index (χ0n) is 13.6. The summed E-state index contributed by atoms with van der Waals surface area (Å²) in [5.74, 6) is 0.468. The zero-order valence-corrected chi connectivity index (χ0v) is 13.6. The Morgan fingerprint density at radius 2 is 1.23 bits per heavy atom. The highest BCUT2D eigenvalue weighted by atomic mass is 19.4. The molecule has 142 valence electrons. The Hall–Kier alpha value is -2.42. The van der Waals surface area contributed by atoms with Crippen LogP contribution in [-0.2, 0) is 12.4 Å². The normalized spacial score (nSPS) is 13.4. The smallest absolute Gasteiger partial charge is 0.416 e. The molecule has 0 aromatic heterocycles. The van der Waals surface area contributed by atoms with Crippen molar-refractivity contribution >= 4 is 0 Å². The van der Waals surface area contributed by atoms with Crippen LogP contribution in [0.25, 0.3) is 0 Å². The number of ether oxygens (including phenoxy) is 2. The fraction of sp³-hybridized carbons (Fsp3) is 0.294. The lowest BCUT2D eigenvalue weighted by Crippen LogP contribution is -2.13. The van der Waals surface area contributed by atoms with E-state index in [1.807, 2.05) is 0 Å². The van der Waals surface area contributed by atoms with Crippen molar-refractivity contribution in [2.24, 2.45) is 0 Å². The maximum Gasteiger partial charge on any atom is 0.416 e. The number of alkyl halides is 6. The van der Waals surface area contributed by atoms with Crippen molar-refractivity contribution in [3.63, 3.8) is 0 Å². The van der Waals surface area contributed by atoms with Gasteiger partial charge in [-0.25, -0.2) is 0 Å². The predicted octanol–water partition coefficient (Wildman–Crippen LogP) is 4.82. The van der Waals surface area contributed by atoms with E-state index in [1.54, 1.807) is 0 Å². The van der Waals surface area contributed by atoms with E-state index in [1.165, 1.54) is 32.4 Å². The van der Waals surface area contributed by atoms with Crippen molar-refractivity contribution in [2.75, 3.05) is 14.2 Å². The first-order chi connectivity index (χ1) is 12.0. The molecule has 0 aliphatic heterocycles. The average molecular weight is 380 g/mol. The largest absolute Gasteiger partial charge is 0.493 e. The Morgan fingerprint density at radius 3 is 1.65 bits per heavy atom. The molecule has 9 heteroatoms. The molecule has 1 atom stereocenters. The number of halogens is 6. The molecule has 0 amide bonds. The van der Waals surface area contributed by atoms with Gasteiger partial charge in [-0.1, -0.05) is 6.07 Å². The van der Waals surface area contributed by atoms with Crippen LogP contribution >= 0.6 is 0 Å². The first-order valence-corrected chi connectivity index (χ1v) is 7.16. The second-order valence-corrected chi connectivity index (χ2v) is 5.36. The van der Waals surface area contributed by atoms with Crippen LogP contribution in [0.3, 0.4) is 0 Å². The first-order valence-electron chi connectivity index (χ1n) is 7.16. The van der Waals surface area contributed by atoms with E-state index in [2.05, 4.69) is 0 Å². The summed E-state index contributed by atoms with van der Waals surface area (Å²) in [7, 11) is 2.66. The number of benzene rings is 2. The van der Waals surface area contributed by atoms with Crippen molar-refractivity contribution in [3.8, 4) is 11.5 Å². The monoisotopic (exact) mass is 380 g/mol. The lowest BCUT2D eigenvalue weighted by molar-refractivity contribution is -0.143. The van der Waals surface area contributed by atoms with Crippen LogP contribution in [0.15, 0.2) is 36.4 Å². The third-order valence-corrected chi connectivity index (χ3v) is 3.65. The molecule has 0 heterocycles. The molecule has 3 nitrogen and oxygen atoms in total. The number of methoxy groups -OCH3 is 2. The molecule has 2 rings (SSSR count). The van der Waals surface area contributed by atoms with Crippen molar-refractivity contribution in [1.82, 2.24) is 0 Å². The van der Waals surface area contributed by atoms with Crippen molar-refractivity contribution in [3.05, 3.63) is 58.7 Å². The summed E-state index contributed by atoms with van der Waals surface area (Å²) in [6.45, 7) is 0. The van der Waals surface area contributed by atoms with Gasteiger partial charge in [0.25, 0.3) is 0 Å². The molecular formula is C17H14F6O3. The van der Waals surface area contributed by atoms with Crippen molar-refractivity contribution < 1.29 is 40.9 Å². The number of hydrogen-bond donors (Lipinski definition) is 1. The Balaban J connectivity index is 2.56. The SMILES string of the molecule is COc1ccc([C@@H](O)c2cc(C(F)(F)F)cc(C(F)(F)F)c2)cc1OC. The second kappa shape index (κ2) is 7.06. The van der Waals surface area contributed by atoms with Crippen LogP contribution < -0.4 is 9.47 Å². The molecule has 0 unspecified atom stereocenters. The third-order valence-electron chi connectivity index (χ3n) is 3.65. The molecule has 0 fully saturated rings. The lowest BCUT2D eigenvalue weighted by Gasteiger charge is -2.18. The van der Waals surface area contributed by atoms with Crippen LogP contribution in [0.1, 0.15) is 28.4 Å². The van der Waals surface area contributed by atoms with E-state index in [4.69, 9.17) is 9.47 Å². The van der Waals surface area contributed by atoms with Crippen LogP contribution in [0, 0.1) is 0 Å². The van der Waals surface area contributed by atoms with Gasteiger partial charge in [-0.2, -0.15) is 26.3 Å². The van der Waals surface area contributed by atoms with Gasteiger partial charge in [0.05, 0.1) is 25.3 Å². The van der Waals surface area contributed by atoms with Crippen LogP contribution in [0.5, 0.6) is 11.5 Å². The zero-order chi connectivity index (χ0) is 19.7. The molecule has 0 aliphatic carbocycles. The minimum absolute atomic E-state index is 0.00479. The van der Waals surface area contributed by atoms with Gasteiger partial charge in [-0.15, -0.1) is 0 Å². The van der Waals surface area contributed by atoms with Crippen LogP contribution in [0.2, 0.25) is 0 Å². The van der Waals surface area contributed by atoms with E-state index < -0.39 is 35.1 Å². The van der Waals surface area contributed by atoms with E-state index in [9.17, 15) is 31.4 Å². The van der Waals surface area contributed by atoms with E-state index in [0.29, 0.717) is 17.9 Å². The molecular weight excluding hydrogens is 366 g/mol. The third kappa shape index (κ3) is 4.21. The quantitative estimate of drug-likeness (QED) is 0.773. The van der Waals surface area contributed by atoms with Gasteiger partial charge < -0.3 is 14.6 Å². The van der Waals surface area contributed by atoms with Crippen molar-refractivity contribution in [2.45, 2.75) is 18.5 Å². The maximum absolute atomic E-state index is 12.9. The van der Waals surface area contributed by atoms with Crippen LogP contribution in [-0.4, -0.2) is 19.3 Å². The summed E-state index contributed by atoms with van der Waals surface area (Å²) in [6, 6.07) is 4.95. The Kier molecular flexibility index (Phi) is 5.41. The van der Waals surface area contributed by atoms with Crippen molar-refractivity contribution in [1.29, 1.82) is 0 Å². The summed E-state index contributed by atoms with van der Waals surface area (Å²) in [4.78, 5) is 0. The van der Waals surface area contributed by atoms with Gasteiger partial charge in [0, 0.05) is 0 Å². The molecule has 1 N–H and O–H groups in total. The average Bonchev–Trinajstić information content (AvgIpc) is 2.58. The fourth-order valence-corrected chi connectivity index (χ4v) is 2.35. The summed E-state index contributed by atoms with van der Waals surface area (Å²) in [5, 5.41) is 10.3. The Labute approximate surface area is 144 Å². The minimum atomic E-state index is -4.99. The summed E-state index contributed by atoms with van der Waals surface area (Å²) < 4.78 is 87.6. The minimum Gasteiger partial charge on any atom is -0.493 e. The molecule has 0 saturated carbocycles. The number of aliphatic hydroxyl groups excluding tert-OH is 1. The molecule has 0 bridgehead atoms. The first kappa shape index (κ1) is 19.9. The molecule has 0 aliphatic rings. The highest BCUT2D eigenvalue weighted by Crippen LogP contribution is 2.39. The highest BCUT2D eigenvalue weighted by Gasteiger charge is 2.37. The summed E-state index contributed by atoms with van der Waals surface area (Å²) in [6.07, 6.45) is -11.7. The van der Waals surface area contributed by atoms with Gasteiger partial charge in [0.1, 0.15) is 6.10 Å². The predicted molar refractivity (Wildman–Crippen MR) is 80.1 cm³/mol. The molecule has 0 saturated heterocycles. The summed E-state index contributed by atoms with van der Waals surface area (Å²) >= 11 is 0. The van der Waals surface area contributed by atoms with E-state index in [0.717, 1.165) is 0 Å². The molecule has 26 heavy (non-hydrogen) atoms. The molecule has 2 aromatic rings. The molecule has 0 spiro atoms. The van der Waals surface area contributed by atoms with Gasteiger partial charge in [0.2, 0.25) is 0 Å². The van der Waals surface area contributed by atoms with Crippen LogP contribution in [0.4, 0.5) is 26.3 Å². The Bertz CT molecular complexity index is 751. The fourth-order valence-electron chi connectivity index (χ4n) is 2.35.